The topological polar surface area (TPSA) is 78.9 Å². The number of esters is 3. The summed E-state index contributed by atoms with van der Waals surface area (Å²) in [6.45, 7) is 6.54. The molecule has 68 heavy (non-hydrogen) atoms. The van der Waals surface area contributed by atoms with Gasteiger partial charge in [0.05, 0.1) is 0 Å². The number of hydrogen-bond acceptors (Lipinski definition) is 6. The smallest absolute Gasteiger partial charge is 0.306 e. The molecule has 0 saturated heterocycles. The van der Waals surface area contributed by atoms with Crippen LogP contribution in [-0.2, 0) is 28.6 Å². The molecule has 0 aromatic rings. The number of ether oxygens (including phenoxy) is 3. The predicted octanol–water partition coefficient (Wildman–Crippen LogP) is 20.0. The van der Waals surface area contributed by atoms with Gasteiger partial charge in [-0.3, -0.25) is 14.4 Å². The minimum absolute atomic E-state index is 0.0748. The molecule has 0 amide bonds. The molecule has 0 rings (SSSR count). The SMILES string of the molecule is CC/C=C\C/C=C\C/C=C\CCCCCCCC(=O)OC(COC(=O)CCCCCCCCCCC)COC(=O)CCCCCCCCCCCCCCCCCCCCCCCCCCCC. The molecule has 0 aliphatic carbocycles. The van der Waals surface area contributed by atoms with Gasteiger partial charge in [-0.1, -0.05) is 288 Å². The number of rotatable bonds is 55. The van der Waals surface area contributed by atoms with Crippen molar-refractivity contribution in [3.05, 3.63) is 36.5 Å². The zero-order chi connectivity index (χ0) is 49.3. The van der Waals surface area contributed by atoms with Crippen LogP contribution in [0, 0.1) is 0 Å². The Balaban J connectivity index is 4.13. The third kappa shape index (κ3) is 54.6. The highest BCUT2D eigenvalue weighted by Crippen LogP contribution is 2.17. The Hall–Kier alpha value is -2.37. The zero-order valence-corrected chi connectivity index (χ0v) is 45.6. The fourth-order valence-corrected chi connectivity index (χ4v) is 8.93. The predicted molar refractivity (Wildman–Crippen MR) is 293 cm³/mol. The van der Waals surface area contributed by atoms with Crippen LogP contribution in [0.15, 0.2) is 36.5 Å². The Bertz CT molecular complexity index is 1140. The second-order valence-electron chi connectivity index (χ2n) is 20.2. The van der Waals surface area contributed by atoms with Gasteiger partial charge in [0.1, 0.15) is 13.2 Å². The zero-order valence-electron chi connectivity index (χ0n) is 45.6. The number of carbonyl (C=O) groups excluding carboxylic acids is 3. The standard InChI is InChI=1S/C62H114O6/c1-4-7-10-13-16-19-21-23-25-26-27-28-29-30-31-32-33-34-35-37-38-40-43-46-49-52-55-61(64)67-58-59(57-66-60(63)54-51-48-45-42-18-15-12-9-6-3)68-62(65)56-53-50-47-44-41-39-36-24-22-20-17-14-11-8-5-2/h8,11,17,20,24,36,59H,4-7,9-10,12-16,18-19,21-23,25-35,37-58H2,1-3H3/b11-8-,20-17-,36-24-. The number of allylic oxidation sites excluding steroid dienone is 6. The van der Waals surface area contributed by atoms with Crippen molar-refractivity contribution >= 4 is 17.9 Å². The summed E-state index contributed by atoms with van der Waals surface area (Å²) in [6.07, 6.45) is 68.8. The first kappa shape index (κ1) is 65.6. The molecule has 0 radical (unpaired) electrons. The Morgan fingerprint density at radius 3 is 0.897 bits per heavy atom. The van der Waals surface area contributed by atoms with E-state index in [4.69, 9.17) is 14.2 Å². The molecular formula is C62H114O6. The third-order valence-electron chi connectivity index (χ3n) is 13.4. The summed E-state index contributed by atoms with van der Waals surface area (Å²) in [6, 6.07) is 0. The largest absolute Gasteiger partial charge is 0.462 e. The van der Waals surface area contributed by atoms with Gasteiger partial charge in [0.25, 0.3) is 0 Å². The Labute approximate surface area is 423 Å². The molecule has 0 bridgehead atoms. The maximum absolute atomic E-state index is 12.8. The summed E-state index contributed by atoms with van der Waals surface area (Å²) in [5.74, 6) is -0.878. The van der Waals surface area contributed by atoms with Gasteiger partial charge < -0.3 is 14.2 Å². The summed E-state index contributed by atoms with van der Waals surface area (Å²) < 4.78 is 16.8. The lowest BCUT2D eigenvalue weighted by Crippen LogP contribution is -2.30. The van der Waals surface area contributed by atoms with E-state index in [9.17, 15) is 14.4 Å². The Morgan fingerprint density at radius 1 is 0.309 bits per heavy atom. The van der Waals surface area contributed by atoms with E-state index in [1.807, 2.05) is 0 Å². The second kappa shape index (κ2) is 57.2. The van der Waals surface area contributed by atoms with E-state index in [2.05, 4.69) is 57.2 Å². The van der Waals surface area contributed by atoms with Crippen molar-refractivity contribution in [3.63, 3.8) is 0 Å². The van der Waals surface area contributed by atoms with Crippen molar-refractivity contribution in [2.45, 2.75) is 329 Å². The van der Waals surface area contributed by atoms with Crippen molar-refractivity contribution in [1.29, 1.82) is 0 Å². The summed E-state index contributed by atoms with van der Waals surface area (Å²) in [5, 5.41) is 0. The van der Waals surface area contributed by atoms with E-state index in [-0.39, 0.29) is 31.1 Å². The highest BCUT2D eigenvalue weighted by molar-refractivity contribution is 5.71. The summed E-state index contributed by atoms with van der Waals surface area (Å²) >= 11 is 0. The van der Waals surface area contributed by atoms with E-state index < -0.39 is 6.10 Å². The van der Waals surface area contributed by atoms with E-state index >= 15 is 0 Å². The third-order valence-corrected chi connectivity index (χ3v) is 13.4. The Morgan fingerprint density at radius 2 is 0.574 bits per heavy atom. The van der Waals surface area contributed by atoms with Gasteiger partial charge in [0.2, 0.25) is 0 Å². The lowest BCUT2D eigenvalue weighted by molar-refractivity contribution is -0.167. The first-order valence-corrected chi connectivity index (χ1v) is 30.0. The Kier molecular flexibility index (Phi) is 55.2. The minimum Gasteiger partial charge on any atom is -0.462 e. The van der Waals surface area contributed by atoms with Crippen LogP contribution in [0.25, 0.3) is 0 Å². The highest BCUT2D eigenvalue weighted by Gasteiger charge is 2.19. The van der Waals surface area contributed by atoms with Gasteiger partial charge >= 0.3 is 17.9 Å². The van der Waals surface area contributed by atoms with Gasteiger partial charge in [-0.15, -0.1) is 0 Å². The molecule has 0 fully saturated rings. The monoisotopic (exact) mass is 955 g/mol. The van der Waals surface area contributed by atoms with Crippen LogP contribution < -0.4 is 0 Å². The fraction of sp³-hybridized carbons (Fsp3) is 0.855. The van der Waals surface area contributed by atoms with Crippen molar-refractivity contribution in [2.24, 2.45) is 0 Å². The molecule has 0 aromatic carbocycles. The van der Waals surface area contributed by atoms with Gasteiger partial charge in [-0.2, -0.15) is 0 Å². The van der Waals surface area contributed by atoms with Gasteiger partial charge in [-0.05, 0) is 51.4 Å². The molecule has 6 heteroatoms. The number of hydrogen-bond donors (Lipinski definition) is 0. The van der Waals surface area contributed by atoms with E-state index in [1.54, 1.807) is 0 Å². The molecule has 0 aromatic heterocycles. The van der Waals surface area contributed by atoms with Gasteiger partial charge in [-0.25, -0.2) is 0 Å². The molecule has 398 valence electrons. The summed E-state index contributed by atoms with van der Waals surface area (Å²) in [5.41, 5.74) is 0. The van der Waals surface area contributed by atoms with Crippen molar-refractivity contribution in [2.75, 3.05) is 13.2 Å². The molecule has 1 atom stereocenters. The minimum atomic E-state index is -0.776. The molecule has 0 saturated carbocycles. The van der Waals surface area contributed by atoms with Gasteiger partial charge in [0, 0.05) is 19.3 Å². The normalized spacial score (nSPS) is 12.2. The van der Waals surface area contributed by atoms with Crippen LogP contribution in [-0.4, -0.2) is 37.2 Å². The van der Waals surface area contributed by atoms with Crippen molar-refractivity contribution < 1.29 is 28.6 Å². The van der Waals surface area contributed by atoms with Crippen LogP contribution in [0.1, 0.15) is 323 Å². The van der Waals surface area contributed by atoms with Crippen LogP contribution in [0.5, 0.6) is 0 Å². The maximum atomic E-state index is 12.8. The van der Waals surface area contributed by atoms with E-state index in [1.165, 1.54) is 186 Å². The first-order valence-electron chi connectivity index (χ1n) is 30.0. The molecule has 0 heterocycles. The summed E-state index contributed by atoms with van der Waals surface area (Å²) in [4.78, 5) is 38.0. The van der Waals surface area contributed by atoms with Gasteiger partial charge in [0.15, 0.2) is 6.10 Å². The molecular weight excluding hydrogens is 841 g/mol. The average Bonchev–Trinajstić information content (AvgIpc) is 3.34. The molecule has 0 N–H and O–H groups in total. The first-order chi connectivity index (χ1) is 33.5. The molecule has 1 unspecified atom stereocenters. The fourth-order valence-electron chi connectivity index (χ4n) is 8.93. The molecule has 0 aliphatic heterocycles. The lowest BCUT2D eigenvalue weighted by Gasteiger charge is -2.18. The second-order valence-corrected chi connectivity index (χ2v) is 20.2. The van der Waals surface area contributed by atoms with Crippen LogP contribution in [0.2, 0.25) is 0 Å². The van der Waals surface area contributed by atoms with Crippen molar-refractivity contribution in [3.8, 4) is 0 Å². The van der Waals surface area contributed by atoms with Crippen molar-refractivity contribution in [1.82, 2.24) is 0 Å². The number of unbranched alkanes of at least 4 members (excludes halogenated alkanes) is 38. The van der Waals surface area contributed by atoms with Crippen LogP contribution in [0.4, 0.5) is 0 Å². The average molecular weight is 956 g/mol. The van der Waals surface area contributed by atoms with Crippen LogP contribution in [0.3, 0.4) is 0 Å². The molecule has 0 aliphatic rings. The highest BCUT2D eigenvalue weighted by atomic mass is 16.6. The molecule has 0 spiro atoms. The van der Waals surface area contributed by atoms with E-state index in [0.717, 1.165) is 96.3 Å². The van der Waals surface area contributed by atoms with E-state index in [0.29, 0.717) is 19.3 Å². The lowest BCUT2D eigenvalue weighted by atomic mass is 10.0. The molecule has 6 nitrogen and oxygen atoms in total. The number of carbonyl (C=O) groups is 3. The maximum Gasteiger partial charge on any atom is 0.306 e. The summed E-state index contributed by atoms with van der Waals surface area (Å²) in [7, 11) is 0. The quantitative estimate of drug-likeness (QED) is 0.0262. The van der Waals surface area contributed by atoms with Crippen LogP contribution >= 0.6 is 0 Å².